The summed E-state index contributed by atoms with van der Waals surface area (Å²) in [6, 6.07) is 5.28. The van der Waals surface area contributed by atoms with Gasteiger partial charge >= 0.3 is 5.97 Å². The highest BCUT2D eigenvalue weighted by Crippen LogP contribution is 2.19. The molecule has 0 saturated heterocycles. The molecule has 4 nitrogen and oxygen atoms in total. The van der Waals surface area contributed by atoms with Crippen LogP contribution in [0.5, 0.6) is 0 Å². The highest BCUT2D eigenvalue weighted by atomic mass is 16.4. The predicted molar refractivity (Wildman–Crippen MR) is 76.7 cm³/mol. The van der Waals surface area contributed by atoms with Gasteiger partial charge in [0, 0.05) is 18.8 Å². The molecule has 0 aliphatic heterocycles. The van der Waals surface area contributed by atoms with Gasteiger partial charge in [0.25, 0.3) is 0 Å². The minimum Gasteiger partial charge on any atom is -0.478 e. The number of anilines is 1. The van der Waals surface area contributed by atoms with Crippen LogP contribution in [0.25, 0.3) is 0 Å². The Kier molecular flexibility index (Phi) is 6.36. The number of rotatable bonds is 8. The van der Waals surface area contributed by atoms with E-state index >= 15 is 0 Å². The molecule has 0 amide bonds. The van der Waals surface area contributed by atoms with Crippen LogP contribution >= 0.6 is 0 Å². The Bertz CT molecular complexity index is 412. The molecule has 1 atom stereocenters. The Labute approximate surface area is 114 Å². The summed E-state index contributed by atoms with van der Waals surface area (Å²) in [6.45, 7) is 4.91. The van der Waals surface area contributed by atoms with E-state index < -0.39 is 5.97 Å². The number of hydrogen-bond acceptors (Lipinski definition) is 3. The fraction of sp³-hybridized carbons (Fsp3) is 0.533. The van der Waals surface area contributed by atoms with Crippen LogP contribution in [0.1, 0.15) is 42.1 Å². The molecule has 0 fully saturated rings. The highest BCUT2D eigenvalue weighted by Gasteiger charge is 2.12. The van der Waals surface area contributed by atoms with Crippen molar-refractivity contribution in [2.75, 3.05) is 18.5 Å². The van der Waals surface area contributed by atoms with Crippen molar-refractivity contribution < 1.29 is 15.0 Å². The van der Waals surface area contributed by atoms with E-state index in [1.165, 1.54) is 0 Å². The first-order valence-electron chi connectivity index (χ1n) is 6.77. The maximum absolute atomic E-state index is 11.1. The lowest BCUT2D eigenvalue weighted by atomic mass is 9.99. The zero-order valence-electron chi connectivity index (χ0n) is 11.6. The van der Waals surface area contributed by atoms with E-state index in [0.29, 0.717) is 23.7 Å². The van der Waals surface area contributed by atoms with Crippen LogP contribution in [-0.2, 0) is 0 Å². The average Bonchev–Trinajstić information content (AvgIpc) is 2.36. The van der Waals surface area contributed by atoms with Gasteiger partial charge in [-0.1, -0.05) is 19.4 Å². The van der Waals surface area contributed by atoms with Crippen molar-refractivity contribution in [3.63, 3.8) is 0 Å². The van der Waals surface area contributed by atoms with Gasteiger partial charge in [-0.15, -0.1) is 0 Å². The van der Waals surface area contributed by atoms with Crippen LogP contribution in [0.4, 0.5) is 5.69 Å². The first-order chi connectivity index (χ1) is 9.08. The molecule has 0 saturated carbocycles. The number of carboxylic acid groups (broad SMARTS) is 1. The van der Waals surface area contributed by atoms with E-state index in [9.17, 15) is 4.79 Å². The number of benzene rings is 1. The van der Waals surface area contributed by atoms with Crippen molar-refractivity contribution in [3.05, 3.63) is 29.3 Å². The smallest absolute Gasteiger partial charge is 0.337 e. The Hall–Kier alpha value is -1.55. The first-order valence-corrected chi connectivity index (χ1v) is 6.77. The summed E-state index contributed by atoms with van der Waals surface area (Å²) in [6.07, 6.45) is 2.84. The zero-order chi connectivity index (χ0) is 14.3. The van der Waals surface area contributed by atoms with Crippen LogP contribution in [-0.4, -0.2) is 29.3 Å². The number of carbonyl (C=O) groups is 1. The van der Waals surface area contributed by atoms with Crippen molar-refractivity contribution in [3.8, 4) is 0 Å². The molecular formula is C15H23NO3. The maximum Gasteiger partial charge on any atom is 0.337 e. The van der Waals surface area contributed by atoms with Crippen molar-refractivity contribution in [2.45, 2.75) is 33.1 Å². The number of aromatic carboxylic acids is 1. The number of aryl methyl sites for hydroxylation is 1. The Morgan fingerprint density at radius 1 is 1.37 bits per heavy atom. The van der Waals surface area contributed by atoms with Crippen molar-refractivity contribution in [1.29, 1.82) is 0 Å². The fourth-order valence-corrected chi connectivity index (χ4v) is 2.18. The van der Waals surface area contributed by atoms with Gasteiger partial charge in [0.1, 0.15) is 0 Å². The molecule has 0 aliphatic rings. The standard InChI is InChI=1S/C15H23NO3/c1-3-4-12(7-8-17)10-16-14-9-11(2)5-6-13(14)15(18)19/h5-6,9,12,16-17H,3-4,7-8,10H2,1-2H3,(H,18,19). The second kappa shape index (κ2) is 7.79. The largest absolute Gasteiger partial charge is 0.478 e. The summed E-state index contributed by atoms with van der Waals surface area (Å²) in [5.41, 5.74) is 1.98. The van der Waals surface area contributed by atoms with Crippen molar-refractivity contribution in [2.24, 2.45) is 5.92 Å². The Morgan fingerprint density at radius 3 is 2.68 bits per heavy atom. The second-order valence-corrected chi connectivity index (χ2v) is 4.90. The lowest BCUT2D eigenvalue weighted by Crippen LogP contribution is -2.17. The Balaban J connectivity index is 2.74. The molecule has 4 heteroatoms. The number of aliphatic hydroxyl groups is 1. The van der Waals surface area contributed by atoms with Crippen LogP contribution in [0, 0.1) is 12.8 Å². The van der Waals surface area contributed by atoms with Crippen molar-refractivity contribution >= 4 is 11.7 Å². The molecule has 1 unspecified atom stereocenters. The molecule has 1 aromatic carbocycles. The van der Waals surface area contributed by atoms with Gasteiger partial charge in [-0.3, -0.25) is 0 Å². The fourth-order valence-electron chi connectivity index (χ4n) is 2.18. The van der Waals surface area contributed by atoms with Gasteiger partial charge in [0.15, 0.2) is 0 Å². The quantitative estimate of drug-likeness (QED) is 0.676. The molecule has 0 bridgehead atoms. The minimum absolute atomic E-state index is 0.173. The lowest BCUT2D eigenvalue weighted by molar-refractivity contribution is 0.0698. The maximum atomic E-state index is 11.1. The SMILES string of the molecule is CCCC(CCO)CNc1cc(C)ccc1C(=O)O. The number of aliphatic hydroxyl groups excluding tert-OH is 1. The molecule has 1 rings (SSSR count). The van der Waals surface area contributed by atoms with E-state index in [-0.39, 0.29) is 6.61 Å². The van der Waals surface area contributed by atoms with Gasteiger partial charge in [-0.2, -0.15) is 0 Å². The molecule has 3 N–H and O–H groups in total. The van der Waals surface area contributed by atoms with E-state index in [4.69, 9.17) is 10.2 Å². The molecule has 106 valence electrons. The molecule has 0 aliphatic carbocycles. The number of nitrogens with one attached hydrogen (secondary N) is 1. The minimum atomic E-state index is -0.920. The molecule has 0 radical (unpaired) electrons. The normalized spacial score (nSPS) is 12.2. The third kappa shape index (κ3) is 4.91. The van der Waals surface area contributed by atoms with Gasteiger partial charge < -0.3 is 15.5 Å². The Morgan fingerprint density at radius 2 is 2.11 bits per heavy atom. The number of hydrogen-bond donors (Lipinski definition) is 3. The lowest BCUT2D eigenvalue weighted by Gasteiger charge is -2.18. The van der Waals surface area contributed by atoms with Gasteiger partial charge in [0.05, 0.1) is 5.56 Å². The van der Waals surface area contributed by atoms with Crippen LogP contribution in [0.2, 0.25) is 0 Å². The van der Waals surface area contributed by atoms with Gasteiger partial charge in [0.2, 0.25) is 0 Å². The van der Waals surface area contributed by atoms with E-state index in [1.54, 1.807) is 12.1 Å². The monoisotopic (exact) mass is 265 g/mol. The zero-order valence-corrected chi connectivity index (χ0v) is 11.6. The third-order valence-corrected chi connectivity index (χ3v) is 3.22. The van der Waals surface area contributed by atoms with Crippen LogP contribution in [0.3, 0.4) is 0 Å². The summed E-state index contributed by atoms with van der Waals surface area (Å²) in [4.78, 5) is 11.1. The van der Waals surface area contributed by atoms with Crippen molar-refractivity contribution in [1.82, 2.24) is 0 Å². The summed E-state index contributed by atoms with van der Waals surface area (Å²) >= 11 is 0. The van der Waals surface area contributed by atoms with Gasteiger partial charge in [-0.25, -0.2) is 4.79 Å². The van der Waals surface area contributed by atoms with Crippen LogP contribution in [0.15, 0.2) is 18.2 Å². The molecule has 0 spiro atoms. The summed E-state index contributed by atoms with van der Waals surface area (Å²) < 4.78 is 0. The molecule has 19 heavy (non-hydrogen) atoms. The number of carboxylic acids is 1. The third-order valence-electron chi connectivity index (χ3n) is 3.22. The summed E-state index contributed by atoms with van der Waals surface area (Å²) in [5, 5.41) is 21.4. The van der Waals surface area contributed by atoms with Gasteiger partial charge in [-0.05, 0) is 43.4 Å². The molecular weight excluding hydrogens is 242 g/mol. The topological polar surface area (TPSA) is 69.6 Å². The van der Waals surface area contributed by atoms with Crippen LogP contribution < -0.4 is 5.32 Å². The summed E-state index contributed by atoms with van der Waals surface area (Å²) in [7, 11) is 0. The summed E-state index contributed by atoms with van der Waals surface area (Å²) in [5.74, 6) is -0.547. The highest BCUT2D eigenvalue weighted by molar-refractivity contribution is 5.94. The average molecular weight is 265 g/mol. The molecule has 1 aromatic rings. The van der Waals surface area contributed by atoms with E-state index in [1.807, 2.05) is 13.0 Å². The first kappa shape index (κ1) is 15.5. The predicted octanol–water partition coefficient (Wildman–Crippen LogP) is 2.90. The van der Waals surface area contributed by atoms with E-state index in [2.05, 4.69) is 12.2 Å². The molecule has 0 aromatic heterocycles. The van der Waals surface area contributed by atoms with E-state index in [0.717, 1.165) is 24.8 Å². The molecule has 0 heterocycles. The second-order valence-electron chi connectivity index (χ2n) is 4.90.